The maximum atomic E-state index is 13.3. The van der Waals surface area contributed by atoms with Crippen LogP contribution >= 0.6 is 23.4 Å². The third kappa shape index (κ3) is 2.23. The van der Waals surface area contributed by atoms with Crippen molar-refractivity contribution in [3.8, 4) is 0 Å². The van der Waals surface area contributed by atoms with Gasteiger partial charge < -0.3 is 5.32 Å². The number of benzene rings is 1. The lowest BCUT2D eigenvalue weighted by Crippen LogP contribution is -2.25. The predicted molar refractivity (Wildman–Crippen MR) is 64.4 cm³/mol. The zero-order chi connectivity index (χ0) is 11.0. The summed E-state index contributed by atoms with van der Waals surface area (Å²) in [7, 11) is 0. The fourth-order valence-corrected chi connectivity index (χ4v) is 2.91. The van der Waals surface area contributed by atoms with Gasteiger partial charge in [0.05, 0.1) is 5.02 Å². The second kappa shape index (κ2) is 4.22. The second-order valence-corrected chi connectivity index (χ2v) is 5.73. The van der Waals surface area contributed by atoms with E-state index in [-0.39, 0.29) is 10.8 Å². The topological polar surface area (TPSA) is 12.0 Å². The Labute approximate surface area is 98.4 Å². The molecule has 1 aromatic carbocycles. The van der Waals surface area contributed by atoms with Crippen LogP contribution in [0.25, 0.3) is 0 Å². The smallest absolute Gasteiger partial charge is 0.143 e. The lowest BCUT2D eigenvalue weighted by atomic mass is 10.1. The third-order valence-corrected chi connectivity index (χ3v) is 4.43. The molecular weight excluding hydrogens is 233 g/mol. The van der Waals surface area contributed by atoms with Crippen molar-refractivity contribution in [2.24, 2.45) is 5.92 Å². The molecule has 0 bridgehead atoms. The molecule has 4 heteroatoms. The number of halogens is 2. The van der Waals surface area contributed by atoms with Crippen LogP contribution in [0.4, 0.5) is 10.1 Å². The molecule has 1 N–H and O–H groups in total. The maximum Gasteiger partial charge on any atom is 0.143 e. The fourth-order valence-electron chi connectivity index (χ4n) is 1.55. The van der Waals surface area contributed by atoms with Crippen LogP contribution in [0, 0.1) is 11.7 Å². The molecule has 1 aliphatic heterocycles. The molecule has 0 spiro atoms. The SMILES string of the molecule is CC(C)C1CNc2cc(Cl)c(F)cc2S1. The van der Waals surface area contributed by atoms with E-state index < -0.39 is 0 Å². The van der Waals surface area contributed by atoms with E-state index in [1.54, 1.807) is 17.8 Å². The van der Waals surface area contributed by atoms with Crippen molar-refractivity contribution in [2.45, 2.75) is 24.0 Å². The molecule has 2 rings (SSSR count). The molecule has 15 heavy (non-hydrogen) atoms. The van der Waals surface area contributed by atoms with Gasteiger partial charge in [-0.2, -0.15) is 0 Å². The Bertz CT molecular complexity index is 381. The monoisotopic (exact) mass is 245 g/mol. The average Bonchev–Trinajstić information content (AvgIpc) is 2.19. The van der Waals surface area contributed by atoms with Gasteiger partial charge in [-0.05, 0) is 18.1 Å². The Balaban J connectivity index is 2.30. The zero-order valence-corrected chi connectivity index (χ0v) is 10.3. The highest BCUT2D eigenvalue weighted by atomic mass is 35.5. The van der Waals surface area contributed by atoms with Crippen molar-refractivity contribution in [3.05, 3.63) is 23.0 Å². The van der Waals surface area contributed by atoms with Crippen molar-refractivity contribution >= 4 is 29.1 Å². The van der Waals surface area contributed by atoms with E-state index in [0.717, 1.165) is 17.1 Å². The molecular formula is C11H13ClFNS. The Morgan fingerprint density at radius 1 is 1.53 bits per heavy atom. The van der Waals surface area contributed by atoms with E-state index in [2.05, 4.69) is 19.2 Å². The molecule has 0 aromatic heterocycles. The number of rotatable bonds is 1. The third-order valence-electron chi connectivity index (χ3n) is 2.54. The largest absolute Gasteiger partial charge is 0.383 e. The van der Waals surface area contributed by atoms with Gasteiger partial charge in [0.25, 0.3) is 0 Å². The highest BCUT2D eigenvalue weighted by molar-refractivity contribution is 8.00. The minimum atomic E-state index is -0.339. The number of hydrogen-bond acceptors (Lipinski definition) is 2. The lowest BCUT2D eigenvalue weighted by molar-refractivity contribution is 0.612. The molecule has 1 heterocycles. The molecule has 1 unspecified atom stereocenters. The molecule has 0 aliphatic carbocycles. The molecule has 1 aromatic rings. The molecule has 0 amide bonds. The maximum absolute atomic E-state index is 13.3. The van der Waals surface area contributed by atoms with Crippen LogP contribution in [-0.4, -0.2) is 11.8 Å². The van der Waals surface area contributed by atoms with Gasteiger partial charge in [0.1, 0.15) is 5.82 Å². The fraction of sp³-hybridized carbons (Fsp3) is 0.455. The lowest BCUT2D eigenvalue weighted by Gasteiger charge is -2.28. The number of anilines is 1. The number of nitrogens with one attached hydrogen (secondary N) is 1. The van der Waals surface area contributed by atoms with Gasteiger partial charge in [0, 0.05) is 22.4 Å². The number of thioether (sulfide) groups is 1. The Morgan fingerprint density at radius 2 is 2.27 bits per heavy atom. The summed E-state index contributed by atoms with van der Waals surface area (Å²) in [5, 5.41) is 3.97. The van der Waals surface area contributed by atoms with Crippen molar-refractivity contribution in [1.82, 2.24) is 0 Å². The first-order chi connectivity index (χ1) is 7.08. The molecule has 1 aliphatic rings. The van der Waals surface area contributed by atoms with Crippen LogP contribution in [0.15, 0.2) is 17.0 Å². The Morgan fingerprint density at radius 3 is 2.93 bits per heavy atom. The summed E-state index contributed by atoms with van der Waals surface area (Å²) in [5.74, 6) is 0.239. The van der Waals surface area contributed by atoms with Crippen LogP contribution in [0.2, 0.25) is 5.02 Å². The predicted octanol–water partition coefficient (Wildman–Crippen LogP) is 4.02. The van der Waals surface area contributed by atoms with Gasteiger partial charge in [0.2, 0.25) is 0 Å². The van der Waals surface area contributed by atoms with Crippen molar-refractivity contribution in [3.63, 3.8) is 0 Å². The first-order valence-electron chi connectivity index (χ1n) is 4.97. The summed E-state index contributed by atoms with van der Waals surface area (Å²) < 4.78 is 13.3. The molecule has 0 radical (unpaired) electrons. The first-order valence-corrected chi connectivity index (χ1v) is 6.23. The van der Waals surface area contributed by atoms with Gasteiger partial charge in [-0.15, -0.1) is 11.8 Å². The van der Waals surface area contributed by atoms with Crippen LogP contribution in [0.5, 0.6) is 0 Å². The number of fused-ring (bicyclic) bond motifs is 1. The summed E-state index contributed by atoms with van der Waals surface area (Å²) in [4.78, 5) is 0.960. The average molecular weight is 246 g/mol. The molecule has 1 atom stereocenters. The highest BCUT2D eigenvalue weighted by Crippen LogP contribution is 2.39. The molecule has 0 fully saturated rings. The minimum Gasteiger partial charge on any atom is -0.383 e. The Hall–Kier alpha value is -0.410. The Kier molecular flexibility index (Phi) is 3.12. The minimum absolute atomic E-state index is 0.185. The van der Waals surface area contributed by atoms with E-state index >= 15 is 0 Å². The standard InChI is InChI=1S/C11H13ClFNS/c1-6(2)11-5-14-9-3-7(12)8(13)4-10(9)15-11/h3-4,6,11,14H,5H2,1-2H3. The normalized spacial score (nSPS) is 19.9. The van der Waals surface area contributed by atoms with Crippen LogP contribution in [0.3, 0.4) is 0 Å². The van der Waals surface area contributed by atoms with Crippen molar-refractivity contribution < 1.29 is 4.39 Å². The van der Waals surface area contributed by atoms with E-state index in [1.807, 2.05) is 0 Å². The van der Waals surface area contributed by atoms with Gasteiger partial charge in [-0.1, -0.05) is 25.4 Å². The first kappa shape index (κ1) is 11.1. The van der Waals surface area contributed by atoms with Gasteiger partial charge >= 0.3 is 0 Å². The summed E-state index contributed by atoms with van der Waals surface area (Å²) in [6.45, 7) is 5.27. The van der Waals surface area contributed by atoms with E-state index in [0.29, 0.717) is 11.2 Å². The van der Waals surface area contributed by atoms with E-state index in [1.165, 1.54) is 6.07 Å². The summed E-state index contributed by atoms with van der Waals surface area (Å²) in [6.07, 6.45) is 0. The molecule has 82 valence electrons. The van der Waals surface area contributed by atoms with Crippen LogP contribution < -0.4 is 5.32 Å². The summed E-state index contributed by atoms with van der Waals surface area (Å²) in [6, 6.07) is 3.18. The summed E-state index contributed by atoms with van der Waals surface area (Å²) in [5.41, 5.74) is 0.948. The van der Waals surface area contributed by atoms with Crippen molar-refractivity contribution in [1.29, 1.82) is 0 Å². The van der Waals surface area contributed by atoms with Crippen LogP contribution in [-0.2, 0) is 0 Å². The molecule has 1 nitrogen and oxygen atoms in total. The van der Waals surface area contributed by atoms with Gasteiger partial charge in [0.15, 0.2) is 0 Å². The van der Waals surface area contributed by atoms with Crippen molar-refractivity contribution in [2.75, 3.05) is 11.9 Å². The van der Waals surface area contributed by atoms with Gasteiger partial charge in [-0.3, -0.25) is 0 Å². The van der Waals surface area contributed by atoms with E-state index in [4.69, 9.17) is 11.6 Å². The molecule has 0 saturated heterocycles. The zero-order valence-electron chi connectivity index (χ0n) is 8.68. The number of hydrogen-bond donors (Lipinski definition) is 1. The van der Waals surface area contributed by atoms with E-state index in [9.17, 15) is 4.39 Å². The second-order valence-electron chi connectivity index (χ2n) is 4.04. The highest BCUT2D eigenvalue weighted by Gasteiger charge is 2.22. The molecule has 0 saturated carbocycles. The quantitative estimate of drug-likeness (QED) is 0.802. The summed E-state index contributed by atoms with van der Waals surface area (Å²) >= 11 is 7.45. The van der Waals surface area contributed by atoms with Gasteiger partial charge in [-0.25, -0.2) is 4.39 Å². The van der Waals surface area contributed by atoms with Crippen LogP contribution in [0.1, 0.15) is 13.8 Å².